The zero-order valence-corrected chi connectivity index (χ0v) is 13.2. The van der Waals surface area contributed by atoms with Crippen molar-refractivity contribution in [3.63, 3.8) is 0 Å². The van der Waals surface area contributed by atoms with E-state index in [-0.39, 0.29) is 11.4 Å². The van der Waals surface area contributed by atoms with Gasteiger partial charge >= 0.3 is 0 Å². The summed E-state index contributed by atoms with van der Waals surface area (Å²) in [6.45, 7) is 0.258. The SMILES string of the molecule is NC(=O)[C@@H]1CSCCN1S(=O)(=O)c1cccc2nsnc12. The molecule has 0 spiro atoms. The van der Waals surface area contributed by atoms with E-state index in [4.69, 9.17) is 5.73 Å². The monoisotopic (exact) mass is 344 g/mol. The van der Waals surface area contributed by atoms with E-state index in [2.05, 4.69) is 8.75 Å². The highest BCUT2D eigenvalue weighted by Crippen LogP contribution is 2.28. The third-order valence-electron chi connectivity index (χ3n) is 3.24. The van der Waals surface area contributed by atoms with Crippen LogP contribution in [0.4, 0.5) is 0 Å². The van der Waals surface area contributed by atoms with Crippen molar-refractivity contribution in [3.8, 4) is 0 Å². The van der Waals surface area contributed by atoms with Crippen LogP contribution in [0, 0.1) is 0 Å². The van der Waals surface area contributed by atoms with Gasteiger partial charge in [-0.05, 0) is 12.1 Å². The number of benzene rings is 1. The van der Waals surface area contributed by atoms with Crippen LogP contribution in [-0.2, 0) is 14.8 Å². The molecule has 0 saturated carbocycles. The van der Waals surface area contributed by atoms with E-state index in [0.29, 0.717) is 22.5 Å². The lowest BCUT2D eigenvalue weighted by Crippen LogP contribution is -2.52. The van der Waals surface area contributed by atoms with E-state index in [1.807, 2.05) is 0 Å². The number of hydrogen-bond donors (Lipinski definition) is 1. The average molecular weight is 344 g/mol. The van der Waals surface area contributed by atoms with Crippen molar-refractivity contribution in [2.45, 2.75) is 10.9 Å². The number of nitrogens with zero attached hydrogens (tertiary/aromatic N) is 3. The highest BCUT2D eigenvalue weighted by molar-refractivity contribution is 7.99. The number of carbonyl (C=O) groups is 1. The first-order valence-corrected chi connectivity index (χ1v) is 9.44. The second kappa shape index (κ2) is 5.52. The molecule has 1 aliphatic rings. The molecule has 1 aliphatic heterocycles. The van der Waals surface area contributed by atoms with Crippen LogP contribution >= 0.6 is 23.5 Å². The fraction of sp³-hybridized carbons (Fsp3) is 0.364. The van der Waals surface area contributed by atoms with Crippen molar-refractivity contribution in [3.05, 3.63) is 18.2 Å². The predicted octanol–water partition coefficient (Wildman–Crippen LogP) is 0.283. The zero-order valence-electron chi connectivity index (χ0n) is 10.8. The summed E-state index contributed by atoms with van der Waals surface area (Å²) in [5, 5.41) is 0. The molecule has 0 bridgehead atoms. The highest BCUT2D eigenvalue weighted by Gasteiger charge is 2.38. The Morgan fingerprint density at radius 3 is 2.95 bits per heavy atom. The normalized spacial score (nSPS) is 20.7. The summed E-state index contributed by atoms with van der Waals surface area (Å²) >= 11 is 2.48. The number of carbonyl (C=O) groups excluding carboxylic acids is 1. The summed E-state index contributed by atoms with van der Waals surface area (Å²) in [5.74, 6) is 0.378. The Morgan fingerprint density at radius 2 is 2.19 bits per heavy atom. The fourth-order valence-electron chi connectivity index (χ4n) is 2.22. The molecule has 7 nitrogen and oxygen atoms in total. The third-order valence-corrected chi connectivity index (χ3v) is 6.75. The van der Waals surface area contributed by atoms with Crippen LogP contribution in [0.3, 0.4) is 0 Å². The number of primary amides is 1. The van der Waals surface area contributed by atoms with Crippen LogP contribution in [0.1, 0.15) is 0 Å². The number of sulfonamides is 1. The number of nitrogens with two attached hydrogens (primary N) is 1. The molecule has 0 radical (unpaired) electrons. The zero-order chi connectivity index (χ0) is 15.0. The lowest BCUT2D eigenvalue weighted by molar-refractivity contribution is -0.121. The third kappa shape index (κ3) is 2.52. The molecule has 1 fully saturated rings. The molecular formula is C11H12N4O3S3. The van der Waals surface area contributed by atoms with Gasteiger partial charge in [0, 0.05) is 18.1 Å². The van der Waals surface area contributed by atoms with Gasteiger partial charge in [-0.3, -0.25) is 4.79 Å². The molecule has 112 valence electrons. The Labute approximate surface area is 129 Å². The maximum Gasteiger partial charge on any atom is 0.246 e. The second-order valence-electron chi connectivity index (χ2n) is 4.50. The molecule has 2 aromatic rings. The molecule has 1 aromatic carbocycles. The molecule has 2 N–H and O–H groups in total. The Kier molecular flexibility index (Phi) is 3.86. The van der Waals surface area contributed by atoms with Gasteiger partial charge in [0.05, 0.1) is 11.7 Å². The van der Waals surface area contributed by atoms with E-state index in [9.17, 15) is 13.2 Å². The van der Waals surface area contributed by atoms with Crippen molar-refractivity contribution in [1.29, 1.82) is 0 Å². The summed E-state index contributed by atoms with van der Waals surface area (Å²) in [5.41, 5.74) is 6.21. The van der Waals surface area contributed by atoms with Crippen molar-refractivity contribution < 1.29 is 13.2 Å². The summed E-state index contributed by atoms with van der Waals surface area (Å²) in [4.78, 5) is 11.6. The van der Waals surface area contributed by atoms with E-state index in [0.717, 1.165) is 11.7 Å². The molecular weight excluding hydrogens is 332 g/mol. The minimum atomic E-state index is -3.83. The van der Waals surface area contributed by atoms with Gasteiger partial charge in [-0.1, -0.05) is 6.07 Å². The van der Waals surface area contributed by atoms with Crippen LogP contribution < -0.4 is 5.73 Å². The number of rotatable bonds is 3. The molecule has 21 heavy (non-hydrogen) atoms. The van der Waals surface area contributed by atoms with Gasteiger partial charge in [-0.15, -0.1) is 0 Å². The molecule has 0 unspecified atom stereocenters. The molecule has 3 rings (SSSR count). The van der Waals surface area contributed by atoms with E-state index in [1.165, 1.54) is 22.1 Å². The summed E-state index contributed by atoms with van der Waals surface area (Å²) < 4.78 is 35.0. The van der Waals surface area contributed by atoms with Crippen LogP contribution in [-0.4, -0.2) is 51.5 Å². The topological polar surface area (TPSA) is 106 Å². The van der Waals surface area contributed by atoms with Crippen molar-refractivity contribution >= 4 is 50.5 Å². The molecule has 1 aromatic heterocycles. The first kappa shape index (κ1) is 14.7. The Morgan fingerprint density at radius 1 is 1.38 bits per heavy atom. The summed E-state index contributed by atoms with van der Waals surface area (Å²) in [6.07, 6.45) is 0. The first-order chi connectivity index (χ1) is 10.0. The van der Waals surface area contributed by atoms with E-state index in [1.54, 1.807) is 12.1 Å². The Balaban J connectivity index is 2.11. The molecule has 10 heteroatoms. The van der Waals surface area contributed by atoms with Crippen molar-refractivity contribution in [2.24, 2.45) is 5.73 Å². The first-order valence-electron chi connectivity index (χ1n) is 6.12. The number of fused-ring (bicyclic) bond motifs is 1. The minimum absolute atomic E-state index is 0.0758. The second-order valence-corrected chi connectivity index (χ2v) is 8.03. The van der Waals surface area contributed by atoms with Gasteiger partial charge in [0.1, 0.15) is 22.0 Å². The Hall–Kier alpha value is -1.23. The van der Waals surface area contributed by atoms with Crippen LogP contribution in [0.2, 0.25) is 0 Å². The van der Waals surface area contributed by atoms with Gasteiger partial charge < -0.3 is 5.73 Å². The van der Waals surface area contributed by atoms with Crippen LogP contribution in [0.15, 0.2) is 23.1 Å². The average Bonchev–Trinajstić information content (AvgIpc) is 2.95. The number of amides is 1. The van der Waals surface area contributed by atoms with Gasteiger partial charge in [0.15, 0.2) is 0 Å². The minimum Gasteiger partial charge on any atom is -0.368 e. The quantitative estimate of drug-likeness (QED) is 0.857. The number of hydrogen-bond acceptors (Lipinski definition) is 7. The molecule has 1 saturated heterocycles. The molecule has 1 atom stereocenters. The maximum atomic E-state index is 12.9. The Bertz CT molecular complexity index is 789. The van der Waals surface area contributed by atoms with Gasteiger partial charge in [-0.2, -0.15) is 24.8 Å². The predicted molar refractivity (Wildman–Crippen MR) is 81.6 cm³/mol. The number of thioether (sulfide) groups is 1. The maximum absolute atomic E-state index is 12.9. The largest absolute Gasteiger partial charge is 0.368 e. The highest BCUT2D eigenvalue weighted by atomic mass is 32.2. The smallest absolute Gasteiger partial charge is 0.246 e. The number of aromatic nitrogens is 2. The lowest BCUT2D eigenvalue weighted by atomic mass is 10.3. The summed E-state index contributed by atoms with van der Waals surface area (Å²) in [7, 11) is -3.83. The van der Waals surface area contributed by atoms with E-state index < -0.39 is 22.0 Å². The van der Waals surface area contributed by atoms with Crippen LogP contribution in [0.25, 0.3) is 11.0 Å². The molecule has 1 amide bonds. The standard InChI is InChI=1S/C11H12N4O3S3/c12-11(16)8-6-19-5-4-15(8)21(17,18)9-3-1-2-7-10(9)14-20-13-7/h1-3,8H,4-6H2,(H2,12,16)/t8-/m0/s1. The van der Waals surface area contributed by atoms with E-state index >= 15 is 0 Å². The van der Waals surface area contributed by atoms with Crippen molar-refractivity contribution in [2.75, 3.05) is 18.1 Å². The van der Waals surface area contributed by atoms with Crippen LogP contribution in [0.5, 0.6) is 0 Å². The lowest BCUT2D eigenvalue weighted by Gasteiger charge is -2.32. The molecule has 0 aliphatic carbocycles. The van der Waals surface area contributed by atoms with Gasteiger partial charge in [-0.25, -0.2) is 8.42 Å². The van der Waals surface area contributed by atoms with Gasteiger partial charge in [0.25, 0.3) is 0 Å². The summed E-state index contributed by atoms with van der Waals surface area (Å²) in [6, 6.07) is 3.98. The molecule has 2 heterocycles. The van der Waals surface area contributed by atoms with Crippen molar-refractivity contribution in [1.82, 2.24) is 13.1 Å². The van der Waals surface area contributed by atoms with Gasteiger partial charge in [0.2, 0.25) is 15.9 Å². The fourth-order valence-corrected chi connectivity index (χ4v) is 5.84.